The van der Waals surface area contributed by atoms with Gasteiger partial charge in [0.2, 0.25) is 0 Å². The van der Waals surface area contributed by atoms with Crippen molar-refractivity contribution in [2.45, 2.75) is 38.1 Å². The van der Waals surface area contributed by atoms with Crippen LogP contribution in [-0.4, -0.2) is 21.4 Å². The summed E-state index contributed by atoms with van der Waals surface area (Å²) in [5.41, 5.74) is 0.754. The predicted molar refractivity (Wildman–Crippen MR) is 72.8 cm³/mol. The largest absolute Gasteiger partial charge is 0.508 e. The highest BCUT2D eigenvalue weighted by atomic mass is 79.9. The predicted octanol–water partition coefficient (Wildman–Crippen LogP) is 2.99. The Morgan fingerprint density at radius 3 is 2.59 bits per heavy atom. The first-order valence-electron chi connectivity index (χ1n) is 5.51. The highest BCUT2D eigenvalue weighted by molar-refractivity contribution is 9.09. The van der Waals surface area contributed by atoms with Crippen LogP contribution in [0.25, 0.3) is 0 Å². The summed E-state index contributed by atoms with van der Waals surface area (Å²) in [5, 5.41) is 12.5. The van der Waals surface area contributed by atoms with Gasteiger partial charge in [0.25, 0.3) is 5.91 Å². The molecular weight excluding hydrogens is 282 g/mol. The van der Waals surface area contributed by atoms with Crippen LogP contribution in [0.3, 0.4) is 0 Å². The second-order valence-corrected chi connectivity index (χ2v) is 6.12. The van der Waals surface area contributed by atoms with E-state index in [4.69, 9.17) is 0 Å². The SMILES string of the molecule is Cc1c(O)cccc1C(=O)NC(C)(C)C(C)Br. The van der Waals surface area contributed by atoms with Gasteiger partial charge in [-0.05, 0) is 32.9 Å². The Balaban J connectivity index is 2.95. The third-order valence-electron chi connectivity index (χ3n) is 2.98. The number of halogens is 1. The number of carbonyl (C=O) groups is 1. The summed E-state index contributed by atoms with van der Waals surface area (Å²) < 4.78 is 0. The summed E-state index contributed by atoms with van der Waals surface area (Å²) in [5.74, 6) is -0.0305. The lowest BCUT2D eigenvalue weighted by atomic mass is 10.00. The molecule has 1 aromatic carbocycles. The van der Waals surface area contributed by atoms with E-state index in [2.05, 4.69) is 21.2 Å². The lowest BCUT2D eigenvalue weighted by Gasteiger charge is -2.29. The molecule has 0 bridgehead atoms. The molecule has 1 rings (SSSR count). The standard InChI is InChI=1S/C13H18BrNO2/c1-8-10(6-5-7-11(8)16)12(17)15-13(3,4)9(2)14/h5-7,9,16H,1-4H3,(H,15,17). The second-order valence-electron chi connectivity index (χ2n) is 4.74. The Hall–Kier alpha value is -1.03. The highest BCUT2D eigenvalue weighted by Crippen LogP contribution is 2.22. The van der Waals surface area contributed by atoms with Crippen molar-refractivity contribution in [3.63, 3.8) is 0 Å². The van der Waals surface area contributed by atoms with Crippen LogP contribution < -0.4 is 5.32 Å². The van der Waals surface area contributed by atoms with Crippen molar-refractivity contribution in [1.29, 1.82) is 0 Å². The Labute approximate surface area is 110 Å². The number of amides is 1. The van der Waals surface area contributed by atoms with Gasteiger partial charge in [-0.2, -0.15) is 0 Å². The number of hydrogen-bond acceptors (Lipinski definition) is 2. The van der Waals surface area contributed by atoms with Crippen LogP contribution in [-0.2, 0) is 0 Å². The minimum atomic E-state index is -0.352. The van der Waals surface area contributed by atoms with Gasteiger partial charge in [0.05, 0.1) is 0 Å². The van der Waals surface area contributed by atoms with Gasteiger partial charge >= 0.3 is 0 Å². The Morgan fingerprint density at radius 2 is 2.06 bits per heavy atom. The number of aromatic hydroxyl groups is 1. The van der Waals surface area contributed by atoms with E-state index in [0.717, 1.165) is 0 Å². The molecule has 0 aliphatic rings. The van der Waals surface area contributed by atoms with Crippen LogP contribution in [0, 0.1) is 6.92 Å². The van der Waals surface area contributed by atoms with Crippen LogP contribution >= 0.6 is 15.9 Å². The summed E-state index contributed by atoms with van der Waals surface area (Å²) in [6, 6.07) is 4.95. The fourth-order valence-corrected chi connectivity index (χ4v) is 1.44. The van der Waals surface area contributed by atoms with Gasteiger partial charge in [-0.1, -0.05) is 28.9 Å². The quantitative estimate of drug-likeness (QED) is 0.843. The van der Waals surface area contributed by atoms with Gasteiger partial charge in [-0.25, -0.2) is 0 Å². The molecule has 0 saturated carbocycles. The van der Waals surface area contributed by atoms with Crippen molar-refractivity contribution in [3.8, 4) is 5.75 Å². The van der Waals surface area contributed by atoms with Gasteiger partial charge in [-0.3, -0.25) is 4.79 Å². The number of phenols is 1. The Kier molecular flexibility index (Phi) is 4.20. The number of alkyl halides is 1. The third kappa shape index (κ3) is 3.22. The molecular formula is C13H18BrNO2. The molecule has 1 unspecified atom stereocenters. The molecule has 0 saturated heterocycles. The van der Waals surface area contributed by atoms with Crippen molar-refractivity contribution in [2.24, 2.45) is 0 Å². The first-order chi connectivity index (χ1) is 7.75. The van der Waals surface area contributed by atoms with Crippen LogP contribution in [0.2, 0.25) is 0 Å². The summed E-state index contributed by atoms with van der Waals surface area (Å²) in [7, 11) is 0. The zero-order chi connectivity index (χ0) is 13.2. The third-order valence-corrected chi connectivity index (χ3v) is 4.12. The molecule has 0 fully saturated rings. The van der Waals surface area contributed by atoms with E-state index in [1.807, 2.05) is 20.8 Å². The van der Waals surface area contributed by atoms with Crippen LogP contribution in [0.15, 0.2) is 18.2 Å². The van der Waals surface area contributed by atoms with Crippen molar-refractivity contribution in [2.75, 3.05) is 0 Å². The fourth-order valence-electron chi connectivity index (χ4n) is 1.33. The zero-order valence-electron chi connectivity index (χ0n) is 10.5. The first kappa shape index (κ1) is 14.0. The molecule has 1 aromatic rings. The smallest absolute Gasteiger partial charge is 0.252 e. The second kappa shape index (κ2) is 5.08. The number of nitrogens with one attached hydrogen (secondary N) is 1. The molecule has 0 aliphatic heterocycles. The molecule has 1 atom stereocenters. The molecule has 4 heteroatoms. The Bertz CT molecular complexity index is 427. The average Bonchev–Trinajstić information content (AvgIpc) is 2.21. The fraction of sp³-hybridized carbons (Fsp3) is 0.462. The summed E-state index contributed by atoms with van der Waals surface area (Å²) >= 11 is 3.47. The normalized spacial score (nSPS) is 13.2. The molecule has 0 spiro atoms. The van der Waals surface area contributed by atoms with E-state index in [1.54, 1.807) is 25.1 Å². The van der Waals surface area contributed by atoms with E-state index in [-0.39, 0.29) is 22.0 Å². The number of hydrogen-bond donors (Lipinski definition) is 2. The van der Waals surface area contributed by atoms with Crippen LogP contribution in [0.1, 0.15) is 36.7 Å². The maximum absolute atomic E-state index is 12.1. The summed E-state index contributed by atoms with van der Waals surface area (Å²) in [4.78, 5) is 12.2. The number of rotatable bonds is 3. The lowest BCUT2D eigenvalue weighted by Crippen LogP contribution is -2.49. The van der Waals surface area contributed by atoms with Crippen LogP contribution in [0.5, 0.6) is 5.75 Å². The van der Waals surface area contributed by atoms with E-state index in [0.29, 0.717) is 11.1 Å². The van der Waals surface area contributed by atoms with Crippen molar-refractivity contribution >= 4 is 21.8 Å². The van der Waals surface area contributed by atoms with Gasteiger partial charge in [0, 0.05) is 21.5 Å². The summed E-state index contributed by atoms with van der Waals surface area (Å²) in [6.45, 7) is 7.61. The molecule has 17 heavy (non-hydrogen) atoms. The molecule has 0 aliphatic carbocycles. The van der Waals surface area contributed by atoms with E-state index >= 15 is 0 Å². The van der Waals surface area contributed by atoms with E-state index < -0.39 is 0 Å². The number of benzene rings is 1. The van der Waals surface area contributed by atoms with Gasteiger partial charge in [-0.15, -0.1) is 0 Å². The van der Waals surface area contributed by atoms with Crippen molar-refractivity contribution in [3.05, 3.63) is 29.3 Å². The maximum Gasteiger partial charge on any atom is 0.252 e. The molecule has 0 heterocycles. The molecule has 0 aromatic heterocycles. The number of carbonyl (C=O) groups excluding carboxylic acids is 1. The van der Waals surface area contributed by atoms with Gasteiger partial charge < -0.3 is 10.4 Å². The van der Waals surface area contributed by atoms with Gasteiger partial charge in [0.1, 0.15) is 5.75 Å². The van der Waals surface area contributed by atoms with E-state index in [1.165, 1.54) is 0 Å². The minimum absolute atomic E-state index is 0.141. The zero-order valence-corrected chi connectivity index (χ0v) is 12.1. The van der Waals surface area contributed by atoms with E-state index in [9.17, 15) is 9.90 Å². The van der Waals surface area contributed by atoms with Crippen molar-refractivity contribution in [1.82, 2.24) is 5.32 Å². The summed E-state index contributed by atoms with van der Waals surface area (Å²) in [6.07, 6.45) is 0. The van der Waals surface area contributed by atoms with Crippen molar-refractivity contribution < 1.29 is 9.90 Å². The highest BCUT2D eigenvalue weighted by Gasteiger charge is 2.26. The first-order valence-corrected chi connectivity index (χ1v) is 6.42. The van der Waals surface area contributed by atoms with Gasteiger partial charge in [0.15, 0.2) is 0 Å². The molecule has 2 N–H and O–H groups in total. The Morgan fingerprint density at radius 1 is 1.47 bits per heavy atom. The lowest BCUT2D eigenvalue weighted by molar-refractivity contribution is 0.0913. The molecule has 3 nitrogen and oxygen atoms in total. The number of phenolic OH excluding ortho intramolecular Hbond substituents is 1. The molecule has 94 valence electrons. The minimum Gasteiger partial charge on any atom is -0.508 e. The molecule has 1 amide bonds. The average molecular weight is 300 g/mol. The topological polar surface area (TPSA) is 49.3 Å². The molecule has 0 radical (unpaired) electrons. The maximum atomic E-state index is 12.1. The van der Waals surface area contributed by atoms with Crippen LogP contribution in [0.4, 0.5) is 0 Å². The monoisotopic (exact) mass is 299 g/mol.